The molecule has 0 saturated carbocycles. The summed E-state index contributed by atoms with van der Waals surface area (Å²) < 4.78 is 0. The number of hydrogen-bond donors (Lipinski definition) is 1. The predicted molar refractivity (Wildman–Crippen MR) is 70.8 cm³/mol. The van der Waals surface area contributed by atoms with Gasteiger partial charge in [-0.2, -0.15) is 0 Å². The van der Waals surface area contributed by atoms with Gasteiger partial charge in [0.15, 0.2) is 0 Å². The molecule has 1 unspecified atom stereocenters. The molecule has 1 aromatic heterocycles. The first-order chi connectivity index (χ1) is 8.24. The van der Waals surface area contributed by atoms with Crippen LogP contribution in [0.5, 0.6) is 0 Å². The molecule has 1 aliphatic rings. The molecular weight excluding hydrogens is 210 g/mol. The largest absolute Gasteiger partial charge is 0.314 e. The molecule has 1 N–H and O–H groups in total. The third-order valence-electron chi connectivity index (χ3n) is 3.30. The second-order valence-electron chi connectivity index (χ2n) is 5.27. The van der Waals surface area contributed by atoms with Gasteiger partial charge in [-0.05, 0) is 37.6 Å². The van der Waals surface area contributed by atoms with Crippen LogP contribution in [-0.2, 0) is 6.54 Å². The van der Waals surface area contributed by atoms with E-state index >= 15 is 0 Å². The van der Waals surface area contributed by atoms with Crippen LogP contribution in [0.15, 0.2) is 24.4 Å². The topological polar surface area (TPSA) is 28.2 Å². The van der Waals surface area contributed by atoms with Gasteiger partial charge in [0.05, 0.1) is 5.69 Å². The highest BCUT2D eigenvalue weighted by atomic mass is 15.2. The lowest BCUT2D eigenvalue weighted by atomic mass is 10.1. The molecule has 0 radical (unpaired) electrons. The molecule has 1 fully saturated rings. The molecule has 1 saturated heterocycles. The van der Waals surface area contributed by atoms with Gasteiger partial charge in [-0.15, -0.1) is 0 Å². The third-order valence-corrected chi connectivity index (χ3v) is 3.30. The first-order valence-electron chi connectivity index (χ1n) is 6.59. The Hall–Kier alpha value is -0.930. The third kappa shape index (κ3) is 4.10. The average molecular weight is 233 g/mol. The summed E-state index contributed by atoms with van der Waals surface area (Å²) in [6, 6.07) is 6.75. The Bertz CT molecular complexity index is 323. The van der Waals surface area contributed by atoms with E-state index in [2.05, 4.69) is 41.2 Å². The minimum atomic E-state index is 0.597. The minimum absolute atomic E-state index is 0.597. The van der Waals surface area contributed by atoms with Crippen LogP contribution >= 0.6 is 0 Å². The van der Waals surface area contributed by atoms with Gasteiger partial charge in [0.1, 0.15) is 0 Å². The number of rotatable bonds is 5. The summed E-state index contributed by atoms with van der Waals surface area (Å²) in [6.07, 6.45) is 3.19. The molecular formula is C14H23N3. The highest BCUT2D eigenvalue weighted by Crippen LogP contribution is 2.17. The number of nitrogens with zero attached hydrogens (tertiary/aromatic N) is 2. The van der Waals surface area contributed by atoms with E-state index < -0.39 is 0 Å². The predicted octanol–water partition coefficient (Wildman–Crippen LogP) is 1.90. The number of hydrogen-bond acceptors (Lipinski definition) is 3. The smallest absolute Gasteiger partial charge is 0.0543 e. The molecule has 0 aliphatic carbocycles. The SMILES string of the molecule is CC(C)NCC1CCN(Cc2ccccn2)C1. The maximum Gasteiger partial charge on any atom is 0.0543 e. The van der Waals surface area contributed by atoms with Gasteiger partial charge in [-0.1, -0.05) is 19.9 Å². The monoisotopic (exact) mass is 233 g/mol. The normalized spacial score (nSPS) is 21.2. The maximum absolute atomic E-state index is 4.38. The summed E-state index contributed by atoms with van der Waals surface area (Å²) in [6.45, 7) is 8.98. The Morgan fingerprint density at radius 3 is 3.06 bits per heavy atom. The number of pyridine rings is 1. The van der Waals surface area contributed by atoms with Crippen LogP contribution in [0.25, 0.3) is 0 Å². The van der Waals surface area contributed by atoms with E-state index in [1.807, 2.05) is 12.3 Å². The number of aromatic nitrogens is 1. The van der Waals surface area contributed by atoms with Crippen LogP contribution in [-0.4, -0.2) is 35.6 Å². The second kappa shape index (κ2) is 6.12. The van der Waals surface area contributed by atoms with Crippen molar-refractivity contribution in [3.8, 4) is 0 Å². The molecule has 3 heteroatoms. The van der Waals surface area contributed by atoms with Crippen molar-refractivity contribution in [1.29, 1.82) is 0 Å². The lowest BCUT2D eigenvalue weighted by molar-refractivity contribution is 0.309. The fraction of sp³-hybridized carbons (Fsp3) is 0.643. The van der Waals surface area contributed by atoms with Gasteiger partial charge in [0.25, 0.3) is 0 Å². The zero-order valence-corrected chi connectivity index (χ0v) is 10.9. The van der Waals surface area contributed by atoms with Crippen LogP contribution in [0.2, 0.25) is 0 Å². The maximum atomic E-state index is 4.38. The summed E-state index contributed by atoms with van der Waals surface area (Å²) in [4.78, 5) is 6.89. The molecule has 17 heavy (non-hydrogen) atoms. The zero-order valence-electron chi connectivity index (χ0n) is 10.9. The molecule has 94 valence electrons. The molecule has 0 spiro atoms. The number of likely N-dealkylation sites (tertiary alicyclic amines) is 1. The van der Waals surface area contributed by atoms with E-state index in [0.717, 1.165) is 19.0 Å². The van der Waals surface area contributed by atoms with Crippen molar-refractivity contribution in [3.05, 3.63) is 30.1 Å². The van der Waals surface area contributed by atoms with Gasteiger partial charge >= 0.3 is 0 Å². The van der Waals surface area contributed by atoms with Crippen molar-refractivity contribution in [3.63, 3.8) is 0 Å². The highest BCUT2D eigenvalue weighted by Gasteiger charge is 2.22. The van der Waals surface area contributed by atoms with Crippen molar-refractivity contribution >= 4 is 0 Å². The van der Waals surface area contributed by atoms with Crippen LogP contribution < -0.4 is 5.32 Å². The van der Waals surface area contributed by atoms with E-state index in [-0.39, 0.29) is 0 Å². The molecule has 1 aliphatic heterocycles. The van der Waals surface area contributed by atoms with E-state index in [4.69, 9.17) is 0 Å². The molecule has 0 amide bonds. The van der Waals surface area contributed by atoms with Crippen molar-refractivity contribution in [1.82, 2.24) is 15.2 Å². The molecule has 2 rings (SSSR count). The summed E-state index contributed by atoms with van der Waals surface area (Å²) >= 11 is 0. The molecule has 0 bridgehead atoms. The fourth-order valence-corrected chi connectivity index (χ4v) is 2.35. The van der Waals surface area contributed by atoms with Gasteiger partial charge in [0, 0.05) is 25.3 Å². The Balaban J connectivity index is 1.74. The lowest BCUT2D eigenvalue weighted by Gasteiger charge is -2.16. The van der Waals surface area contributed by atoms with Crippen molar-refractivity contribution in [2.24, 2.45) is 5.92 Å². The van der Waals surface area contributed by atoms with E-state index in [1.165, 1.54) is 25.2 Å². The molecule has 0 aromatic carbocycles. The Labute approximate surface area is 104 Å². The van der Waals surface area contributed by atoms with Gasteiger partial charge in [-0.25, -0.2) is 0 Å². The van der Waals surface area contributed by atoms with E-state index in [9.17, 15) is 0 Å². The second-order valence-corrected chi connectivity index (χ2v) is 5.27. The van der Waals surface area contributed by atoms with Crippen molar-refractivity contribution in [2.45, 2.75) is 32.9 Å². The molecule has 1 atom stereocenters. The van der Waals surface area contributed by atoms with Crippen LogP contribution in [0.1, 0.15) is 26.0 Å². The van der Waals surface area contributed by atoms with Crippen LogP contribution in [0, 0.1) is 5.92 Å². The fourth-order valence-electron chi connectivity index (χ4n) is 2.35. The Morgan fingerprint density at radius 1 is 1.47 bits per heavy atom. The summed E-state index contributed by atoms with van der Waals surface area (Å²) in [7, 11) is 0. The quantitative estimate of drug-likeness (QED) is 0.842. The van der Waals surface area contributed by atoms with E-state index in [0.29, 0.717) is 6.04 Å². The van der Waals surface area contributed by atoms with Gasteiger partial charge in [0.2, 0.25) is 0 Å². The van der Waals surface area contributed by atoms with E-state index in [1.54, 1.807) is 0 Å². The molecule has 2 heterocycles. The highest BCUT2D eigenvalue weighted by molar-refractivity contribution is 5.03. The number of nitrogens with one attached hydrogen (secondary N) is 1. The van der Waals surface area contributed by atoms with Crippen LogP contribution in [0.3, 0.4) is 0 Å². The summed E-state index contributed by atoms with van der Waals surface area (Å²) in [5, 5.41) is 3.53. The zero-order chi connectivity index (χ0) is 12.1. The summed E-state index contributed by atoms with van der Waals surface area (Å²) in [5.41, 5.74) is 1.19. The minimum Gasteiger partial charge on any atom is -0.314 e. The van der Waals surface area contributed by atoms with Gasteiger partial charge in [-0.3, -0.25) is 9.88 Å². The first kappa shape index (κ1) is 12.5. The molecule has 3 nitrogen and oxygen atoms in total. The standard InChI is InChI=1S/C14H23N3/c1-12(2)16-9-13-6-8-17(10-13)11-14-5-3-4-7-15-14/h3-5,7,12-13,16H,6,8-11H2,1-2H3. The average Bonchev–Trinajstić information content (AvgIpc) is 2.75. The lowest BCUT2D eigenvalue weighted by Crippen LogP contribution is -2.30. The summed E-state index contributed by atoms with van der Waals surface area (Å²) in [5.74, 6) is 0.807. The molecule has 1 aromatic rings. The van der Waals surface area contributed by atoms with Crippen molar-refractivity contribution < 1.29 is 0 Å². The van der Waals surface area contributed by atoms with Crippen molar-refractivity contribution in [2.75, 3.05) is 19.6 Å². The van der Waals surface area contributed by atoms with Crippen LogP contribution in [0.4, 0.5) is 0 Å². The van der Waals surface area contributed by atoms with Gasteiger partial charge < -0.3 is 5.32 Å². The first-order valence-corrected chi connectivity index (χ1v) is 6.59. The Morgan fingerprint density at radius 2 is 2.35 bits per heavy atom. The Kier molecular flexibility index (Phi) is 4.51.